The van der Waals surface area contributed by atoms with Crippen LogP contribution >= 0.6 is 12.2 Å². The van der Waals surface area contributed by atoms with Crippen molar-refractivity contribution in [3.8, 4) is 0 Å². The molecule has 1 unspecified atom stereocenters. The van der Waals surface area contributed by atoms with Crippen LogP contribution in [0.3, 0.4) is 0 Å². The molecule has 0 aromatic rings. The lowest BCUT2D eigenvalue weighted by molar-refractivity contribution is -0.144. The van der Waals surface area contributed by atoms with Gasteiger partial charge in [0.1, 0.15) is 6.10 Å². The highest BCUT2D eigenvalue weighted by atomic mass is 32.1. The lowest BCUT2D eigenvalue weighted by atomic mass is 10.4. The molecule has 0 aliphatic rings. The molecule has 0 spiro atoms. The SMILES string of the molecule is CCC(=O)OC(C)C=S. The zero-order chi connectivity index (χ0) is 7.28. The summed E-state index contributed by atoms with van der Waals surface area (Å²) in [6.45, 7) is 3.49. The second-order valence-electron chi connectivity index (χ2n) is 1.68. The molecule has 3 heteroatoms. The lowest BCUT2D eigenvalue weighted by Gasteiger charge is -2.04. The van der Waals surface area contributed by atoms with Gasteiger partial charge in [-0.1, -0.05) is 19.1 Å². The number of carbonyl (C=O) groups excluding carboxylic acids is 1. The largest absolute Gasteiger partial charge is 0.458 e. The molecule has 0 rings (SSSR count). The molecule has 0 aromatic carbocycles. The molecule has 0 aliphatic carbocycles. The van der Waals surface area contributed by atoms with E-state index in [0.717, 1.165) is 0 Å². The van der Waals surface area contributed by atoms with E-state index in [1.54, 1.807) is 13.8 Å². The van der Waals surface area contributed by atoms with E-state index in [9.17, 15) is 4.79 Å². The van der Waals surface area contributed by atoms with Crippen molar-refractivity contribution in [1.29, 1.82) is 0 Å². The number of thiocarbonyl (C=S) groups is 1. The van der Waals surface area contributed by atoms with Crippen molar-refractivity contribution in [3.05, 3.63) is 0 Å². The second-order valence-corrected chi connectivity index (χ2v) is 1.96. The first kappa shape index (κ1) is 8.56. The third kappa shape index (κ3) is 4.09. The monoisotopic (exact) mass is 146 g/mol. The number of carbonyl (C=O) groups is 1. The summed E-state index contributed by atoms with van der Waals surface area (Å²) in [7, 11) is 0. The highest BCUT2D eigenvalue weighted by molar-refractivity contribution is 7.79. The Morgan fingerprint density at radius 3 is 2.78 bits per heavy atom. The van der Waals surface area contributed by atoms with Gasteiger partial charge in [0, 0.05) is 11.8 Å². The standard InChI is InChI=1S/C6H10O2S/c1-3-6(7)8-5(2)4-9/h4-5H,3H2,1-2H3. The minimum absolute atomic E-state index is 0.205. The lowest BCUT2D eigenvalue weighted by Crippen LogP contribution is -2.13. The Hall–Kier alpha value is -0.440. The van der Waals surface area contributed by atoms with Crippen LogP contribution in [0.1, 0.15) is 20.3 Å². The molecule has 0 aromatic heterocycles. The highest BCUT2D eigenvalue weighted by Gasteiger charge is 2.01. The van der Waals surface area contributed by atoms with Crippen LogP contribution in [0.2, 0.25) is 0 Å². The third-order valence-electron chi connectivity index (χ3n) is 0.798. The van der Waals surface area contributed by atoms with Gasteiger partial charge >= 0.3 is 5.97 Å². The van der Waals surface area contributed by atoms with Gasteiger partial charge in [0.05, 0.1) is 0 Å². The average molecular weight is 146 g/mol. The zero-order valence-electron chi connectivity index (χ0n) is 5.59. The molecule has 0 fully saturated rings. The third-order valence-corrected chi connectivity index (χ3v) is 1.18. The van der Waals surface area contributed by atoms with Crippen LogP contribution in [-0.2, 0) is 9.53 Å². The molecule has 1 atom stereocenters. The van der Waals surface area contributed by atoms with Gasteiger partial charge in [0.15, 0.2) is 0 Å². The zero-order valence-corrected chi connectivity index (χ0v) is 6.40. The number of ether oxygens (including phenoxy) is 1. The topological polar surface area (TPSA) is 26.3 Å². The Balaban J connectivity index is 3.46. The summed E-state index contributed by atoms with van der Waals surface area (Å²) < 4.78 is 4.75. The molecule has 0 saturated heterocycles. The molecule has 9 heavy (non-hydrogen) atoms. The smallest absolute Gasteiger partial charge is 0.306 e. The fourth-order valence-corrected chi connectivity index (χ4v) is 0.374. The summed E-state index contributed by atoms with van der Waals surface area (Å²) >= 11 is 4.54. The number of hydrogen-bond donors (Lipinski definition) is 0. The first-order chi connectivity index (χ1) is 4.20. The summed E-state index contributed by atoms with van der Waals surface area (Å²) in [4.78, 5) is 10.5. The summed E-state index contributed by atoms with van der Waals surface area (Å²) in [5.41, 5.74) is 0. The Morgan fingerprint density at radius 1 is 1.89 bits per heavy atom. The quantitative estimate of drug-likeness (QED) is 0.444. The van der Waals surface area contributed by atoms with E-state index in [0.29, 0.717) is 6.42 Å². The Kier molecular flexibility index (Phi) is 4.22. The maximum atomic E-state index is 10.5. The minimum atomic E-state index is -0.229. The van der Waals surface area contributed by atoms with Crippen molar-refractivity contribution in [2.75, 3.05) is 0 Å². The minimum Gasteiger partial charge on any atom is -0.458 e. The van der Waals surface area contributed by atoms with Crippen LogP contribution in [-0.4, -0.2) is 17.4 Å². The molecular weight excluding hydrogens is 136 g/mol. The molecule has 2 nitrogen and oxygen atoms in total. The van der Waals surface area contributed by atoms with Crippen LogP contribution in [0.15, 0.2) is 0 Å². The molecule has 0 radical (unpaired) electrons. The fourth-order valence-electron chi connectivity index (χ4n) is 0.318. The summed E-state index contributed by atoms with van der Waals surface area (Å²) in [6, 6.07) is 0. The first-order valence-corrected chi connectivity index (χ1v) is 3.32. The van der Waals surface area contributed by atoms with E-state index in [1.807, 2.05) is 0 Å². The van der Waals surface area contributed by atoms with E-state index < -0.39 is 0 Å². The van der Waals surface area contributed by atoms with Gasteiger partial charge in [-0.2, -0.15) is 0 Å². The molecule has 0 saturated carbocycles. The summed E-state index contributed by atoms with van der Waals surface area (Å²) in [5.74, 6) is -0.205. The van der Waals surface area contributed by atoms with Crippen molar-refractivity contribution < 1.29 is 9.53 Å². The van der Waals surface area contributed by atoms with Gasteiger partial charge in [-0.05, 0) is 6.92 Å². The number of esters is 1. The first-order valence-electron chi connectivity index (χ1n) is 2.85. The Labute approximate surface area is 60.2 Å². The van der Waals surface area contributed by atoms with Crippen LogP contribution in [0.4, 0.5) is 0 Å². The van der Waals surface area contributed by atoms with Gasteiger partial charge < -0.3 is 4.74 Å². The van der Waals surface area contributed by atoms with E-state index >= 15 is 0 Å². The molecule has 0 N–H and O–H groups in total. The van der Waals surface area contributed by atoms with Crippen LogP contribution in [0.25, 0.3) is 0 Å². The van der Waals surface area contributed by atoms with Crippen molar-refractivity contribution in [2.24, 2.45) is 0 Å². The Morgan fingerprint density at radius 2 is 2.44 bits per heavy atom. The second kappa shape index (κ2) is 4.44. The predicted molar refractivity (Wildman–Crippen MR) is 39.5 cm³/mol. The molecule has 52 valence electrons. The summed E-state index contributed by atoms with van der Waals surface area (Å²) in [5, 5.41) is 1.42. The highest BCUT2D eigenvalue weighted by Crippen LogP contribution is 1.90. The molecule has 0 amide bonds. The average Bonchev–Trinajstić information content (AvgIpc) is 1.87. The normalized spacial score (nSPS) is 12.2. The summed E-state index contributed by atoms with van der Waals surface area (Å²) in [6.07, 6.45) is 0.181. The maximum absolute atomic E-state index is 10.5. The molecule has 0 aliphatic heterocycles. The fraction of sp³-hybridized carbons (Fsp3) is 0.667. The van der Waals surface area contributed by atoms with Crippen LogP contribution in [0.5, 0.6) is 0 Å². The maximum Gasteiger partial charge on any atom is 0.306 e. The molecule has 0 bridgehead atoms. The van der Waals surface area contributed by atoms with Crippen molar-refractivity contribution >= 4 is 23.6 Å². The van der Waals surface area contributed by atoms with Gasteiger partial charge in [-0.25, -0.2) is 0 Å². The Bertz CT molecular complexity index is 112. The van der Waals surface area contributed by atoms with E-state index in [-0.39, 0.29) is 12.1 Å². The van der Waals surface area contributed by atoms with Crippen LogP contribution < -0.4 is 0 Å². The molecule has 0 heterocycles. The van der Waals surface area contributed by atoms with Crippen molar-refractivity contribution in [1.82, 2.24) is 0 Å². The predicted octanol–water partition coefficient (Wildman–Crippen LogP) is 1.33. The van der Waals surface area contributed by atoms with Gasteiger partial charge in [-0.15, -0.1) is 0 Å². The van der Waals surface area contributed by atoms with Crippen LogP contribution in [0, 0.1) is 0 Å². The van der Waals surface area contributed by atoms with Gasteiger partial charge in [0.25, 0.3) is 0 Å². The number of rotatable bonds is 3. The van der Waals surface area contributed by atoms with Gasteiger partial charge in [0.2, 0.25) is 0 Å². The van der Waals surface area contributed by atoms with E-state index in [4.69, 9.17) is 4.74 Å². The van der Waals surface area contributed by atoms with E-state index in [2.05, 4.69) is 12.2 Å². The van der Waals surface area contributed by atoms with Crippen molar-refractivity contribution in [2.45, 2.75) is 26.4 Å². The van der Waals surface area contributed by atoms with E-state index in [1.165, 1.54) is 5.37 Å². The van der Waals surface area contributed by atoms with Crippen molar-refractivity contribution in [3.63, 3.8) is 0 Å². The van der Waals surface area contributed by atoms with Gasteiger partial charge in [-0.3, -0.25) is 4.79 Å². The molecular formula is C6H10O2S. The number of hydrogen-bond acceptors (Lipinski definition) is 3.